The summed E-state index contributed by atoms with van der Waals surface area (Å²) in [6.45, 7) is 0.507. The Bertz CT molecular complexity index is 736. The number of benzene rings is 2. The molecule has 0 saturated carbocycles. The zero-order valence-corrected chi connectivity index (χ0v) is 17.1. The van der Waals surface area contributed by atoms with E-state index in [2.05, 4.69) is 20.9 Å². The Morgan fingerprint density at radius 3 is 2.29 bits per heavy atom. The third-order valence-corrected chi connectivity index (χ3v) is 3.77. The summed E-state index contributed by atoms with van der Waals surface area (Å²) in [6, 6.07) is 15.3. The monoisotopic (exact) mass is 563 g/mol. The second kappa shape index (κ2) is 9.58. The SMILES string of the molecule is OC(=C1C=CC=N1)c1ccc(OCc2ccc(Br)cc2)cc1.[CH3-].[Ir]. The molecule has 3 nitrogen and oxygen atoms in total. The molecule has 1 heterocycles. The summed E-state index contributed by atoms with van der Waals surface area (Å²) in [5.74, 6) is 0.930. The summed E-state index contributed by atoms with van der Waals surface area (Å²) in [5.41, 5.74) is 2.39. The van der Waals surface area contributed by atoms with E-state index in [-0.39, 0.29) is 33.3 Å². The van der Waals surface area contributed by atoms with Gasteiger partial charge in [0.1, 0.15) is 23.8 Å². The van der Waals surface area contributed by atoms with Gasteiger partial charge in [-0.15, -0.1) is 0 Å². The maximum absolute atomic E-state index is 10.1. The van der Waals surface area contributed by atoms with Crippen molar-refractivity contribution in [2.24, 2.45) is 4.99 Å². The van der Waals surface area contributed by atoms with E-state index in [9.17, 15) is 5.11 Å². The number of aliphatic imine (C=N–C) groups is 1. The van der Waals surface area contributed by atoms with Crippen LogP contribution in [0, 0.1) is 7.43 Å². The Morgan fingerprint density at radius 1 is 1.04 bits per heavy atom. The molecule has 0 amide bonds. The minimum Gasteiger partial charge on any atom is -0.505 e. The van der Waals surface area contributed by atoms with Crippen molar-refractivity contribution in [1.82, 2.24) is 0 Å². The third kappa shape index (κ3) is 5.16. The minimum atomic E-state index is 0. The molecule has 0 atom stereocenters. The third-order valence-electron chi connectivity index (χ3n) is 3.24. The van der Waals surface area contributed by atoms with Gasteiger partial charge in [0.15, 0.2) is 0 Å². The Labute approximate surface area is 164 Å². The second-order valence-corrected chi connectivity index (χ2v) is 5.73. The van der Waals surface area contributed by atoms with Crippen molar-refractivity contribution in [2.75, 3.05) is 0 Å². The molecule has 1 aliphatic heterocycles. The fourth-order valence-corrected chi connectivity index (χ4v) is 2.31. The molecule has 24 heavy (non-hydrogen) atoms. The van der Waals surface area contributed by atoms with Gasteiger partial charge in [-0.05, 0) is 54.1 Å². The van der Waals surface area contributed by atoms with Crippen LogP contribution in [-0.2, 0) is 26.7 Å². The van der Waals surface area contributed by atoms with E-state index in [0.717, 1.165) is 21.3 Å². The molecule has 1 N–H and O–H groups in total. The molecular formula is C19H17BrIrNO2-. The van der Waals surface area contributed by atoms with Gasteiger partial charge >= 0.3 is 0 Å². The van der Waals surface area contributed by atoms with Crippen LogP contribution >= 0.6 is 15.9 Å². The summed E-state index contributed by atoms with van der Waals surface area (Å²) < 4.78 is 6.78. The molecule has 0 aliphatic carbocycles. The Balaban J connectivity index is 0.00000144. The molecule has 2 aromatic carbocycles. The van der Waals surface area contributed by atoms with Crippen molar-refractivity contribution in [3.8, 4) is 5.75 Å². The predicted molar refractivity (Wildman–Crippen MR) is 98.5 cm³/mol. The standard InChI is InChI=1S/C18H14BrNO2.CH3.Ir/c19-15-7-3-13(4-8-15)12-22-16-9-5-14(6-10-16)18(21)17-2-1-11-20-17;;/h1-11,21H,12H2;1H3;/q;-1;. The number of ether oxygens (including phenoxy) is 1. The van der Waals surface area contributed by atoms with E-state index in [1.807, 2.05) is 48.5 Å². The van der Waals surface area contributed by atoms with E-state index in [0.29, 0.717) is 12.3 Å². The summed E-state index contributed by atoms with van der Waals surface area (Å²) in [5, 5.41) is 10.1. The van der Waals surface area contributed by atoms with Gasteiger partial charge in [0.2, 0.25) is 0 Å². The van der Waals surface area contributed by atoms with Gasteiger partial charge in [0.05, 0.1) is 0 Å². The topological polar surface area (TPSA) is 41.8 Å². The van der Waals surface area contributed by atoms with Crippen LogP contribution in [0.3, 0.4) is 0 Å². The van der Waals surface area contributed by atoms with Crippen LogP contribution in [-0.4, -0.2) is 11.3 Å². The quantitative estimate of drug-likeness (QED) is 0.403. The fourth-order valence-electron chi connectivity index (χ4n) is 2.04. The summed E-state index contributed by atoms with van der Waals surface area (Å²) >= 11 is 3.41. The first-order valence-electron chi connectivity index (χ1n) is 6.84. The van der Waals surface area contributed by atoms with Gasteiger partial charge in [0, 0.05) is 36.4 Å². The smallest absolute Gasteiger partial charge is 0.148 e. The van der Waals surface area contributed by atoms with Crippen molar-refractivity contribution in [1.29, 1.82) is 0 Å². The number of rotatable bonds is 4. The van der Waals surface area contributed by atoms with E-state index >= 15 is 0 Å². The Hall–Kier alpha value is -1.68. The number of hydrogen-bond acceptors (Lipinski definition) is 3. The molecule has 127 valence electrons. The van der Waals surface area contributed by atoms with E-state index in [4.69, 9.17) is 4.74 Å². The van der Waals surface area contributed by atoms with Crippen molar-refractivity contribution in [3.63, 3.8) is 0 Å². The zero-order chi connectivity index (χ0) is 15.4. The molecule has 0 bridgehead atoms. The Morgan fingerprint density at radius 2 is 1.71 bits per heavy atom. The molecule has 0 spiro atoms. The van der Waals surface area contributed by atoms with E-state index in [1.165, 1.54) is 0 Å². The van der Waals surface area contributed by atoms with Crippen LogP contribution in [0.1, 0.15) is 11.1 Å². The number of aliphatic hydroxyl groups is 1. The molecule has 0 unspecified atom stereocenters. The van der Waals surface area contributed by atoms with Gasteiger partial charge in [-0.1, -0.05) is 28.1 Å². The maximum atomic E-state index is 10.1. The number of allylic oxidation sites excluding steroid dienone is 2. The molecule has 0 fully saturated rings. The van der Waals surface area contributed by atoms with Gasteiger partial charge in [0.25, 0.3) is 0 Å². The van der Waals surface area contributed by atoms with Crippen molar-refractivity contribution >= 4 is 27.9 Å². The molecule has 3 rings (SSSR count). The number of hydrogen-bond donors (Lipinski definition) is 1. The average Bonchev–Trinajstić information content (AvgIpc) is 3.09. The second-order valence-electron chi connectivity index (χ2n) is 4.81. The largest absolute Gasteiger partial charge is 0.505 e. The fraction of sp³-hybridized carbons (Fsp3) is 0.0526. The van der Waals surface area contributed by atoms with Gasteiger partial charge in [-0.2, -0.15) is 0 Å². The Kier molecular flexibility index (Phi) is 8.12. The molecule has 5 heteroatoms. The molecular weight excluding hydrogens is 546 g/mol. The predicted octanol–water partition coefficient (Wildman–Crippen LogP) is 5.34. The normalized spacial score (nSPS) is 13.9. The molecule has 1 radical (unpaired) electrons. The minimum absolute atomic E-state index is 0. The van der Waals surface area contributed by atoms with Crippen LogP contribution < -0.4 is 4.74 Å². The molecule has 0 saturated heterocycles. The van der Waals surface area contributed by atoms with Gasteiger partial charge in [-0.3, -0.25) is 4.99 Å². The molecule has 0 aromatic heterocycles. The summed E-state index contributed by atoms with van der Waals surface area (Å²) in [4.78, 5) is 4.08. The van der Waals surface area contributed by atoms with Crippen molar-refractivity contribution < 1.29 is 29.9 Å². The zero-order valence-electron chi connectivity index (χ0n) is 13.1. The summed E-state index contributed by atoms with van der Waals surface area (Å²) in [6.07, 6.45) is 5.22. The average molecular weight is 563 g/mol. The molecule has 2 aromatic rings. The van der Waals surface area contributed by atoms with E-state index < -0.39 is 0 Å². The number of nitrogens with zero attached hydrogens (tertiary/aromatic N) is 1. The van der Waals surface area contributed by atoms with Gasteiger partial charge < -0.3 is 17.3 Å². The van der Waals surface area contributed by atoms with Crippen LogP contribution in [0.25, 0.3) is 5.76 Å². The van der Waals surface area contributed by atoms with Crippen molar-refractivity contribution in [3.05, 3.63) is 89.4 Å². The van der Waals surface area contributed by atoms with Crippen LogP contribution in [0.15, 0.2) is 75.8 Å². The first-order chi connectivity index (χ1) is 10.7. The number of aliphatic hydroxyl groups excluding tert-OH is 1. The van der Waals surface area contributed by atoms with Crippen LogP contribution in [0.4, 0.5) is 0 Å². The van der Waals surface area contributed by atoms with E-state index in [1.54, 1.807) is 18.4 Å². The van der Waals surface area contributed by atoms with Crippen LogP contribution in [0.2, 0.25) is 0 Å². The maximum Gasteiger partial charge on any atom is 0.148 e. The number of halogens is 1. The first kappa shape index (κ1) is 20.4. The van der Waals surface area contributed by atoms with Crippen LogP contribution in [0.5, 0.6) is 5.75 Å². The van der Waals surface area contributed by atoms with Crippen molar-refractivity contribution in [2.45, 2.75) is 6.61 Å². The summed E-state index contributed by atoms with van der Waals surface area (Å²) in [7, 11) is 0. The first-order valence-corrected chi connectivity index (χ1v) is 7.63. The van der Waals surface area contributed by atoms with Gasteiger partial charge in [-0.25, -0.2) is 0 Å². The molecule has 1 aliphatic rings.